The van der Waals surface area contributed by atoms with Crippen LogP contribution < -0.4 is 21.3 Å². The van der Waals surface area contributed by atoms with E-state index in [0.29, 0.717) is 38.9 Å². The van der Waals surface area contributed by atoms with Crippen molar-refractivity contribution in [2.75, 3.05) is 13.2 Å². The van der Waals surface area contributed by atoms with Crippen LogP contribution in [0.5, 0.6) is 0 Å². The number of aliphatic hydroxyl groups excluding tert-OH is 2. The summed E-state index contributed by atoms with van der Waals surface area (Å²) in [6.45, 7) is 18.5. The third-order valence-corrected chi connectivity index (χ3v) is 15.2. The zero-order valence-corrected chi connectivity index (χ0v) is 46.7. The van der Waals surface area contributed by atoms with Crippen molar-refractivity contribution in [3.8, 4) is 0 Å². The summed E-state index contributed by atoms with van der Waals surface area (Å²) in [5.41, 5.74) is 0.0964. The van der Waals surface area contributed by atoms with E-state index in [4.69, 9.17) is 43.3 Å². The van der Waals surface area contributed by atoms with Gasteiger partial charge in [0.25, 0.3) is 0 Å². The molecule has 0 radical (unpaired) electrons. The molecular weight excluding hydrogens is 1010 g/mol. The smallest absolute Gasteiger partial charge is 0.303 e. The van der Waals surface area contributed by atoms with Gasteiger partial charge in [-0.15, -0.1) is 0 Å². The summed E-state index contributed by atoms with van der Waals surface area (Å²) in [5, 5.41) is 41.6. The zero-order valence-electron chi connectivity index (χ0n) is 46.7. The van der Waals surface area contributed by atoms with E-state index >= 15 is 0 Å². The molecule has 0 aliphatic carbocycles. The molecular formula is C57H83N5O16. The average molecular weight is 1090 g/mol. The van der Waals surface area contributed by atoms with Crippen molar-refractivity contribution in [1.82, 2.24) is 21.3 Å². The summed E-state index contributed by atoms with van der Waals surface area (Å²) in [4.78, 5) is 73.9. The highest BCUT2D eigenvalue weighted by Gasteiger charge is 2.59. The van der Waals surface area contributed by atoms with Crippen molar-refractivity contribution < 1.29 is 76.9 Å². The molecule has 21 nitrogen and oxygen atoms in total. The number of hydrogen-bond donors (Lipinski definition) is 7. The van der Waals surface area contributed by atoms with Gasteiger partial charge in [-0.2, -0.15) is 0 Å². The predicted octanol–water partition coefficient (Wildman–Crippen LogP) is 3.91. The summed E-state index contributed by atoms with van der Waals surface area (Å²) in [6, 6.07) is -0.384. The lowest BCUT2D eigenvalue weighted by Gasteiger charge is -2.39. The lowest BCUT2D eigenvalue weighted by Crippen LogP contribution is -2.52. The van der Waals surface area contributed by atoms with E-state index in [9.17, 15) is 39.0 Å². The molecule has 0 bridgehead atoms. The quantitative estimate of drug-likeness (QED) is 0.0227. The SMILES string of the molecule is CC(=O)O[C@@H](C)/C=C\C(=O)N[C@@H]1C[C@H](C)[C@H](C/C=C(C)/C=C/[C@H]2O[C@H](CC(=O)NC(=N)NC(=O)C[C@@H]3C[C@@]4(CO4)[C@H](O)[C@@H](/C=C/C(C)=C/C[C@@H]4O[C@H](C)[C@H](NC(=O)/C=C\[C@H](C)OC(C)=O)C[C@@H]4C)O3)C[C@@]3(CO3)[C@@H]2O)O[C@@H]1C. The van der Waals surface area contributed by atoms with Crippen molar-refractivity contribution in [2.45, 2.75) is 217 Å². The molecule has 0 aromatic carbocycles. The third-order valence-electron chi connectivity index (χ3n) is 15.2. The number of nitrogens with one attached hydrogen (secondary N) is 5. The number of carbonyl (C=O) groups is 6. The van der Waals surface area contributed by atoms with Crippen LogP contribution in [0.3, 0.4) is 0 Å². The van der Waals surface area contributed by atoms with Crippen LogP contribution in [0.25, 0.3) is 0 Å². The fourth-order valence-electron chi connectivity index (χ4n) is 10.6. The lowest BCUT2D eigenvalue weighted by atomic mass is 9.87. The summed E-state index contributed by atoms with van der Waals surface area (Å²) >= 11 is 0. The van der Waals surface area contributed by atoms with Gasteiger partial charge in [0.1, 0.15) is 47.8 Å². The lowest BCUT2D eigenvalue weighted by molar-refractivity contribution is -0.145. The second kappa shape index (κ2) is 27.7. The molecule has 6 heterocycles. The maximum Gasteiger partial charge on any atom is 0.303 e. The number of rotatable bonds is 20. The summed E-state index contributed by atoms with van der Waals surface area (Å²) in [6.07, 6.45) is 13.4. The van der Waals surface area contributed by atoms with Gasteiger partial charge in [0.15, 0.2) is 0 Å². The Morgan fingerprint density at radius 1 is 0.615 bits per heavy atom. The minimum absolute atomic E-state index is 0.0918. The maximum atomic E-state index is 13.2. The normalized spacial score (nSPS) is 35.8. The molecule has 21 heteroatoms. The number of carbonyl (C=O) groups excluding carboxylic acids is 6. The van der Waals surface area contributed by atoms with Crippen molar-refractivity contribution in [3.05, 3.63) is 71.9 Å². The molecule has 2 spiro atoms. The highest BCUT2D eigenvalue weighted by molar-refractivity contribution is 6.03. The van der Waals surface area contributed by atoms with E-state index in [0.717, 1.165) is 11.1 Å². The molecule has 18 atom stereocenters. The van der Waals surface area contributed by atoms with E-state index < -0.39 is 89.7 Å². The van der Waals surface area contributed by atoms with E-state index in [1.54, 1.807) is 26.0 Å². The minimum atomic E-state index is -0.971. The molecule has 7 N–H and O–H groups in total. The largest absolute Gasteiger partial charge is 0.459 e. The molecule has 6 fully saturated rings. The van der Waals surface area contributed by atoms with Crippen molar-refractivity contribution in [3.63, 3.8) is 0 Å². The van der Waals surface area contributed by atoms with Gasteiger partial charge in [-0.3, -0.25) is 44.8 Å². The monoisotopic (exact) mass is 1090 g/mol. The van der Waals surface area contributed by atoms with E-state index in [-0.39, 0.29) is 85.8 Å². The first-order valence-electron chi connectivity index (χ1n) is 27.3. The van der Waals surface area contributed by atoms with Crippen LogP contribution in [0, 0.1) is 17.2 Å². The predicted molar refractivity (Wildman–Crippen MR) is 285 cm³/mol. The number of amides is 4. The van der Waals surface area contributed by atoms with Gasteiger partial charge in [-0.25, -0.2) is 0 Å². The number of guanidine groups is 1. The fraction of sp³-hybridized carbons (Fsp3) is 0.667. The molecule has 6 rings (SSSR count). The summed E-state index contributed by atoms with van der Waals surface area (Å²) < 4.78 is 46.5. The molecule has 0 unspecified atom stereocenters. The van der Waals surface area contributed by atoms with Gasteiger partial charge in [-0.05, 0) is 91.2 Å². The first kappa shape index (κ1) is 61.8. The standard InChI is InChI=1S/C57H83N5O16/c1-31(11-17-45-33(3)23-43(37(7)75-45)59-49(65)21-15-35(5)73-39(9)63)13-19-47-53(69)56(29-71-56)27-41(77-47)25-51(67)61-55(58)62-52(68)26-42-28-57(30-72-57)54(70)48(78-42)20-14-32(2)12-18-46-34(4)24-44(38(8)76-46)60-50(66)22-16-36(6)74-40(10)64/h11-16,19-22,33-38,41-48,53-54,69-70H,17-18,23-30H2,1-10H3,(H,59,65)(H,60,66)(H3,58,61,62,67,68)/b19-13+,20-14+,21-15-,22-16-,31-11+,32-12+/t33-,34-,35-,36-,37+,38+,41+,42+,43+,44+,45-,46-,47+,48+,53+,54+,56+,57+/m0/s1. The van der Waals surface area contributed by atoms with Gasteiger partial charge in [0.05, 0.1) is 74.8 Å². The number of allylic oxidation sites excluding steroid dienone is 4. The van der Waals surface area contributed by atoms with Crippen LogP contribution in [-0.4, -0.2) is 161 Å². The van der Waals surface area contributed by atoms with Gasteiger partial charge in [0.2, 0.25) is 29.6 Å². The molecule has 78 heavy (non-hydrogen) atoms. The number of hydrogen-bond acceptors (Lipinski definition) is 17. The van der Waals surface area contributed by atoms with Crippen molar-refractivity contribution in [2.24, 2.45) is 11.8 Å². The van der Waals surface area contributed by atoms with Crippen molar-refractivity contribution in [1.29, 1.82) is 5.41 Å². The molecule has 6 aliphatic rings. The summed E-state index contributed by atoms with van der Waals surface area (Å²) in [7, 11) is 0. The van der Waals surface area contributed by atoms with Crippen LogP contribution in [0.4, 0.5) is 0 Å². The summed E-state index contributed by atoms with van der Waals surface area (Å²) in [5.74, 6) is -2.81. The first-order chi connectivity index (χ1) is 36.8. The van der Waals surface area contributed by atoms with Gasteiger partial charge in [-0.1, -0.05) is 61.4 Å². The number of aliphatic hydroxyl groups is 2. The second-order valence-corrected chi connectivity index (χ2v) is 22.2. The average Bonchev–Trinajstić information content (AvgIpc) is 4.40. The van der Waals surface area contributed by atoms with E-state index in [1.807, 2.05) is 52.0 Å². The maximum absolute atomic E-state index is 13.2. The molecule has 6 aliphatic heterocycles. The van der Waals surface area contributed by atoms with Crippen LogP contribution in [-0.2, 0) is 66.7 Å². The molecule has 0 aromatic rings. The Morgan fingerprint density at radius 2 is 0.987 bits per heavy atom. The zero-order chi connectivity index (χ0) is 57.1. The first-order valence-corrected chi connectivity index (χ1v) is 27.3. The van der Waals surface area contributed by atoms with Gasteiger partial charge >= 0.3 is 11.9 Å². The van der Waals surface area contributed by atoms with E-state index in [1.165, 1.54) is 38.2 Å². The fourth-order valence-corrected chi connectivity index (χ4v) is 10.6. The molecule has 0 aromatic heterocycles. The van der Waals surface area contributed by atoms with Crippen LogP contribution >= 0.6 is 0 Å². The number of ether oxygens (including phenoxy) is 8. The van der Waals surface area contributed by atoms with Crippen LogP contribution in [0.2, 0.25) is 0 Å². The highest BCUT2D eigenvalue weighted by atomic mass is 16.6. The molecule has 0 saturated carbocycles. The Morgan fingerprint density at radius 3 is 1.33 bits per heavy atom. The Kier molecular flexibility index (Phi) is 21.9. The Balaban J connectivity index is 0.919. The Hall–Kier alpha value is -5.39. The second-order valence-electron chi connectivity index (χ2n) is 22.2. The number of esters is 2. The molecule has 4 amide bonds. The van der Waals surface area contributed by atoms with E-state index in [2.05, 4.69) is 35.1 Å². The van der Waals surface area contributed by atoms with Crippen LogP contribution in [0.1, 0.15) is 121 Å². The van der Waals surface area contributed by atoms with Gasteiger partial charge < -0.3 is 58.7 Å². The third kappa shape index (κ3) is 18.3. The Labute approximate surface area is 457 Å². The van der Waals surface area contributed by atoms with Gasteiger partial charge in [0, 0.05) is 38.8 Å². The highest BCUT2D eigenvalue weighted by Crippen LogP contribution is 2.45. The van der Waals surface area contributed by atoms with Crippen molar-refractivity contribution >= 4 is 41.5 Å². The molecule has 432 valence electrons. The van der Waals surface area contributed by atoms with Crippen LogP contribution in [0.15, 0.2) is 71.9 Å². The Bertz CT molecular complexity index is 2200. The number of epoxide rings is 2. The molecule has 6 saturated heterocycles. The topological polar surface area (TPSA) is 295 Å². The minimum Gasteiger partial charge on any atom is -0.459 e.